The summed E-state index contributed by atoms with van der Waals surface area (Å²) in [5.74, 6) is 0.716. The Morgan fingerprint density at radius 3 is 2.58 bits per heavy atom. The van der Waals surface area contributed by atoms with Gasteiger partial charge in [-0.2, -0.15) is 13.2 Å². The van der Waals surface area contributed by atoms with Gasteiger partial charge in [0.1, 0.15) is 5.82 Å². The number of alkyl halides is 3. The van der Waals surface area contributed by atoms with Crippen molar-refractivity contribution in [3.05, 3.63) is 66.3 Å². The molecule has 8 heteroatoms. The lowest BCUT2D eigenvalue weighted by molar-refractivity contribution is -0.137. The standard InChI is InChI=1S/C18H14F3N5/c1-12-24-16-15(4-2-9-22-16)26(12)17-23-10-3-11-25(17)14-7-5-13(6-8-14)18(19,20)21/h2-11,17H,1H3. The minimum Gasteiger partial charge on any atom is -0.308 e. The quantitative estimate of drug-likeness (QED) is 0.686. The van der Waals surface area contributed by atoms with Gasteiger partial charge < -0.3 is 4.90 Å². The summed E-state index contributed by atoms with van der Waals surface area (Å²) in [7, 11) is 0. The molecule has 2 aromatic heterocycles. The third-order valence-corrected chi connectivity index (χ3v) is 4.17. The molecule has 1 aliphatic heterocycles. The second-order valence-corrected chi connectivity index (χ2v) is 5.81. The second-order valence-electron chi connectivity index (χ2n) is 5.81. The Balaban J connectivity index is 1.77. The molecule has 0 saturated heterocycles. The molecule has 132 valence electrons. The molecule has 0 aliphatic carbocycles. The maximum absolute atomic E-state index is 12.8. The highest BCUT2D eigenvalue weighted by Gasteiger charge is 2.31. The van der Waals surface area contributed by atoms with Gasteiger partial charge in [-0.25, -0.2) is 15.0 Å². The number of pyridine rings is 1. The van der Waals surface area contributed by atoms with E-state index in [0.29, 0.717) is 17.2 Å². The van der Waals surface area contributed by atoms with E-state index < -0.39 is 18.0 Å². The zero-order chi connectivity index (χ0) is 18.3. The van der Waals surface area contributed by atoms with Crippen LogP contribution in [-0.4, -0.2) is 20.7 Å². The number of rotatable bonds is 2. The Hall–Kier alpha value is -3.16. The average Bonchev–Trinajstić information content (AvgIpc) is 2.97. The van der Waals surface area contributed by atoms with E-state index in [2.05, 4.69) is 15.0 Å². The minimum absolute atomic E-state index is 0.495. The van der Waals surface area contributed by atoms with Crippen LogP contribution in [0.5, 0.6) is 0 Å². The summed E-state index contributed by atoms with van der Waals surface area (Å²) in [5.41, 5.74) is 1.32. The number of fused-ring (bicyclic) bond motifs is 1. The Morgan fingerprint density at radius 2 is 1.85 bits per heavy atom. The fourth-order valence-electron chi connectivity index (χ4n) is 2.98. The Kier molecular flexibility index (Phi) is 3.75. The number of aliphatic imine (C=N–C) groups is 1. The van der Waals surface area contributed by atoms with Crippen molar-refractivity contribution in [2.75, 3.05) is 4.90 Å². The van der Waals surface area contributed by atoms with Crippen LogP contribution in [0, 0.1) is 6.92 Å². The first-order valence-electron chi connectivity index (χ1n) is 7.90. The maximum atomic E-state index is 12.8. The Morgan fingerprint density at radius 1 is 1.08 bits per heavy atom. The minimum atomic E-state index is -4.36. The number of allylic oxidation sites excluding steroid dienone is 1. The third kappa shape index (κ3) is 2.73. The number of benzene rings is 1. The molecule has 0 fully saturated rings. The van der Waals surface area contributed by atoms with Crippen LogP contribution in [0.3, 0.4) is 0 Å². The van der Waals surface area contributed by atoms with Gasteiger partial charge in [0.25, 0.3) is 0 Å². The van der Waals surface area contributed by atoms with Crippen molar-refractivity contribution in [1.82, 2.24) is 14.5 Å². The summed E-state index contributed by atoms with van der Waals surface area (Å²) in [6.45, 7) is 1.85. The summed E-state index contributed by atoms with van der Waals surface area (Å²) in [4.78, 5) is 15.0. The number of hydrogen-bond acceptors (Lipinski definition) is 4. The van der Waals surface area contributed by atoms with Gasteiger partial charge in [0.15, 0.2) is 5.65 Å². The van der Waals surface area contributed by atoms with Gasteiger partial charge in [-0.1, -0.05) is 0 Å². The molecule has 5 nitrogen and oxygen atoms in total. The van der Waals surface area contributed by atoms with Gasteiger partial charge in [-0.15, -0.1) is 0 Å². The zero-order valence-electron chi connectivity index (χ0n) is 13.7. The highest BCUT2D eigenvalue weighted by molar-refractivity contribution is 5.76. The normalized spacial score (nSPS) is 17.2. The molecule has 0 bridgehead atoms. The largest absolute Gasteiger partial charge is 0.416 e. The molecular weight excluding hydrogens is 343 g/mol. The van der Waals surface area contributed by atoms with E-state index >= 15 is 0 Å². The lowest BCUT2D eigenvalue weighted by Gasteiger charge is -2.31. The highest BCUT2D eigenvalue weighted by atomic mass is 19.4. The van der Waals surface area contributed by atoms with Gasteiger partial charge in [-0.05, 0) is 49.4 Å². The van der Waals surface area contributed by atoms with Crippen LogP contribution in [0.15, 0.2) is 59.9 Å². The molecule has 0 radical (unpaired) electrons. The summed E-state index contributed by atoms with van der Waals surface area (Å²) >= 11 is 0. The van der Waals surface area contributed by atoms with Crippen LogP contribution in [0.2, 0.25) is 0 Å². The molecule has 1 unspecified atom stereocenters. The predicted molar refractivity (Wildman–Crippen MR) is 92.9 cm³/mol. The Bertz CT molecular complexity index is 1000. The van der Waals surface area contributed by atoms with Gasteiger partial charge in [0.2, 0.25) is 6.29 Å². The van der Waals surface area contributed by atoms with Crippen LogP contribution in [0.1, 0.15) is 17.7 Å². The zero-order valence-corrected chi connectivity index (χ0v) is 13.7. The molecule has 3 heterocycles. The van der Waals surface area contributed by atoms with Crippen molar-refractivity contribution in [1.29, 1.82) is 0 Å². The van der Waals surface area contributed by atoms with E-state index in [9.17, 15) is 13.2 Å². The molecule has 3 aromatic rings. The summed E-state index contributed by atoms with van der Waals surface area (Å²) in [5, 5.41) is 0. The number of halogens is 3. The van der Waals surface area contributed by atoms with Crippen LogP contribution >= 0.6 is 0 Å². The Labute approximate surface area is 147 Å². The van der Waals surface area contributed by atoms with Gasteiger partial charge >= 0.3 is 6.18 Å². The molecule has 0 N–H and O–H groups in total. The molecule has 0 saturated carbocycles. The van der Waals surface area contributed by atoms with E-state index in [-0.39, 0.29) is 0 Å². The molecule has 1 atom stereocenters. The number of aryl methyl sites for hydroxylation is 1. The number of nitrogens with zero attached hydrogens (tertiary/aromatic N) is 5. The first-order chi connectivity index (χ1) is 12.4. The summed E-state index contributed by atoms with van der Waals surface area (Å²) < 4.78 is 40.4. The fourth-order valence-corrected chi connectivity index (χ4v) is 2.98. The number of hydrogen-bond donors (Lipinski definition) is 0. The van der Waals surface area contributed by atoms with Crippen LogP contribution in [0.25, 0.3) is 11.2 Å². The summed E-state index contributed by atoms with van der Waals surface area (Å²) in [6.07, 6.45) is 1.98. The van der Waals surface area contributed by atoms with Crippen LogP contribution < -0.4 is 4.90 Å². The first kappa shape index (κ1) is 16.3. The number of aromatic nitrogens is 3. The SMILES string of the molecule is Cc1nc2ncccc2n1C1N=CC=CN1c1ccc(C(F)(F)F)cc1. The molecule has 1 aliphatic rings. The topological polar surface area (TPSA) is 46.3 Å². The highest BCUT2D eigenvalue weighted by Crippen LogP contribution is 2.34. The van der Waals surface area contributed by atoms with Crippen molar-refractivity contribution in [2.24, 2.45) is 4.99 Å². The van der Waals surface area contributed by atoms with E-state index in [1.807, 2.05) is 23.6 Å². The number of imidazole rings is 1. The molecule has 26 heavy (non-hydrogen) atoms. The molecule has 1 aromatic carbocycles. The summed E-state index contributed by atoms with van der Waals surface area (Å²) in [6, 6.07) is 8.71. The van der Waals surface area contributed by atoms with E-state index in [4.69, 9.17) is 0 Å². The smallest absolute Gasteiger partial charge is 0.308 e. The average molecular weight is 357 g/mol. The van der Waals surface area contributed by atoms with Crippen LogP contribution in [0.4, 0.5) is 18.9 Å². The van der Waals surface area contributed by atoms with E-state index in [1.54, 1.807) is 29.6 Å². The van der Waals surface area contributed by atoms with Crippen molar-refractivity contribution in [3.63, 3.8) is 0 Å². The molecule has 4 rings (SSSR count). The lowest BCUT2D eigenvalue weighted by atomic mass is 10.2. The fraction of sp³-hybridized carbons (Fsp3) is 0.167. The van der Waals surface area contributed by atoms with Gasteiger partial charge in [0.05, 0.1) is 11.1 Å². The third-order valence-electron chi connectivity index (χ3n) is 4.17. The van der Waals surface area contributed by atoms with E-state index in [0.717, 1.165) is 17.6 Å². The van der Waals surface area contributed by atoms with Crippen molar-refractivity contribution in [3.8, 4) is 0 Å². The van der Waals surface area contributed by atoms with E-state index in [1.165, 1.54) is 12.1 Å². The monoisotopic (exact) mass is 357 g/mol. The first-order valence-corrected chi connectivity index (χ1v) is 7.90. The van der Waals surface area contributed by atoms with Gasteiger partial charge in [0, 0.05) is 24.3 Å². The second kappa shape index (κ2) is 5.98. The van der Waals surface area contributed by atoms with Crippen molar-refractivity contribution in [2.45, 2.75) is 19.4 Å². The van der Waals surface area contributed by atoms with Crippen molar-refractivity contribution >= 4 is 23.1 Å². The van der Waals surface area contributed by atoms with Crippen LogP contribution in [-0.2, 0) is 6.18 Å². The van der Waals surface area contributed by atoms with Crippen molar-refractivity contribution < 1.29 is 13.2 Å². The predicted octanol–water partition coefficient (Wildman–Crippen LogP) is 4.32. The maximum Gasteiger partial charge on any atom is 0.416 e. The molecule has 0 spiro atoms. The number of anilines is 1. The lowest BCUT2D eigenvalue weighted by Crippen LogP contribution is -2.29. The van der Waals surface area contributed by atoms with Gasteiger partial charge in [-0.3, -0.25) is 4.57 Å². The molecule has 0 amide bonds. The molecular formula is C18H14F3N5.